The predicted molar refractivity (Wildman–Crippen MR) is 134 cm³/mol. The zero-order chi connectivity index (χ0) is 23.1. The van der Waals surface area contributed by atoms with Crippen molar-refractivity contribution in [3.05, 3.63) is 0 Å². The largest absolute Gasteiger partial charge is 0.247 e. The van der Waals surface area contributed by atoms with Crippen molar-refractivity contribution in [2.24, 2.45) is 46.3 Å². The molecule has 0 nitrogen and oxygen atoms in total. The third-order valence-electron chi connectivity index (χ3n) is 10.3. The van der Waals surface area contributed by atoms with E-state index in [-0.39, 0.29) is 11.3 Å². The second-order valence-electron chi connectivity index (χ2n) is 11.7. The molecular formula is C29H57F. The Morgan fingerprint density at radius 1 is 0.900 bits per heavy atom. The highest BCUT2D eigenvalue weighted by Gasteiger charge is 2.51. The van der Waals surface area contributed by atoms with E-state index in [9.17, 15) is 4.39 Å². The Balaban J connectivity index is 3.11. The molecule has 1 aliphatic carbocycles. The van der Waals surface area contributed by atoms with E-state index < -0.39 is 6.17 Å². The summed E-state index contributed by atoms with van der Waals surface area (Å²) in [4.78, 5) is 0. The molecule has 0 aromatic heterocycles. The molecule has 8 unspecified atom stereocenters. The van der Waals surface area contributed by atoms with Crippen LogP contribution in [-0.2, 0) is 0 Å². The van der Waals surface area contributed by atoms with E-state index in [0.717, 1.165) is 5.92 Å². The number of hydrogen-bond donors (Lipinski definition) is 0. The van der Waals surface area contributed by atoms with Crippen LogP contribution in [0.4, 0.5) is 4.39 Å². The summed E-state index contributed by atoms with van der Waals surface area (Å²) in [6.07, 6.45) is 12.7. The van der Waals surface area contributed by atoms with Crippen LogP contribution in [-0.4, -0.2) is 6.17 Å². The Kier molecular flexibility index (Phi) is 11.4. The molecule has 0 saturated heterocycles. The minimum atomic E-state index is -0.740. The molecule has 0 radical (unpaired) electrons. The summed E-state index contributed by atoms with van der Waals surface area (Å²) in [7, 11) is 0. The molecule has 30 heavy (non-hydrogen) atoms. The van der Waals surface area contributed by atoms with Gasteiger partial charge in [-0.3, -0.25) is 0 Å². The first-order valence-electron chi connectivity index (χ1n) is 13.7. The fourth-order valence-corrected chi connectivity index (χ4v) is 7.67. The SMILES string of the molecule is CCCCC1(CCCC(CC)C(C(C)C)(C(C)C(C)F)C(C)C(C)CC)CCC1C. The molecule has 0 amide bonds. The fourth-order valence-electron chi connectivity index (χ4n) is 7.67. The number of halogens is 1. The summed E-state index contributed by atoms with van der Waals surface area (Å²) in [5.41, 5.74) is 0.705. The lowest BCUT2D eigenvalue weighted by atomic mass is 9.50. The highest BCUT2D eigenvalue weighted by atomic mass is 19.1. The van der Waals surface area contributed by atoms with E-state index in [0.29, 0.717) is 29.1 Å². The van der Waals surface area contributed by atoms with Gasteiger partial charge in [-0.05, 0) is 85.4 Å². The smallest absolute Gasteiger partial charge is 0.100 e. The summed E-state index contributed by atoms with van der Waals surface area (Å²) in [5.74, 6) is 3.35. The van der Waals surface area contributed by atoms with Gasteiger partial charge in [0.05, 0.1) is 0 Å². The minimum Gasteiger partial charge on any atom is -0.247 e. The summed E-state index contributed by atoms with van der Waals surface area (Å²) < 4.78 is 14.9. The Morgan fingerprint density at radius 2 is 1.50 bits per heavy atom. The fraction of sp³-hybridized carbons (Fsp3) is 1.00. The number of rotatable bonds is 15. The third-order valence-corrected chi connectivity index (χ3v) is 10.3. The first-order chi connectivity index (χ1) is 14.0. The molecule has 0 heterocycles. The molecule has 1 aliphatic rings. The van der Waals surface area contributed by atoms with E-state index in [1.165, 1.54) is 64.2 Å². The molecule has 0 bridgehead atoms. The lowest BCUT2D eigenvalue weighted by Gasteiger charge is -2.55. The van der Waals surface area contributed by atoms with E-state index in [1.807, 2.05) is 6.92 Å². The molecule has 8 atom stereocenters. The van der Waals surface area contributed by atoms with Gasteiger partial charge < -0.3 is 0 Å². The topological polar surface area (TPSA) is 0 Å². The van der Waals surface area contributed by atoms with Gasteiger partial charge >= 0.3 is 0 Å². The van der Waals surface area contributed by atoms with Crippen molar-refractivity contribution in [3.63, 3.8) is 0 Å². The van der Waals surface area contributed by atoms with Crippen molar-refractivity contribution in [1.29, 1.82) is 0 Å². The normalized spacial score (nSPS) is 29.0. The summed E-state index contributed by atoms with van der Waals surface area (Å²) >= 11 is 0. The molecule has 1 rings (SSSR count). The molecule has 1 heteroatoms. The first-order valence-corrected chi connectivity index (χ1v) is 13.7. The molecule has 0 aliphatic heterocycles. The highest BCUT2D eigenvalue weighted by molar-refractivity contribution is 5.00. The van der Waals surface area contributed by atoms with E-state index in [1.54, 1.807) is 0 Å². The monoisotopic (exact) mass is 424 g/mol. The molecule has 0 spiro atoms. The van der Waals surface area contributed by atoms with Crippen LogP contribution in [0.25, 0.3) is 0 Å². The van der Waals surface area contributed by atoms with Crippen LogP contribution in [0.15, 0.2) is 0 Å². The Labute approximate surface area is 190 Å². The van der Waals surface area contributed by atoms with Gasteiger partial charge in [-0.15, -0.1) is 0 Å². The van der Waals surface area contributed by atoms with Crippen LogP contribution in [0.1, 0.15) is 133 Å². The van der Waals surface area contributed by atoms with Gasteiger partial charge in [0, 0.05) is 0 Å². The number of unbranched alkanes of at least 4 members (excludes halogenated alkanes) is 1. The molecule has 180 valence electrons. The van der Waals surface area contributed by atoms with Gasteiger partial charge in [0.2, 0.25) is 0 Å². The van der Waals surface area contributed by atoms with E-state index in [2.05, 4.69) is 62.3 Å². The van der Waals surface area contributed by atoms with Gasteiger partial charge in [0.25, 0.3) is 0 Å². The van der Waals surface area contributed by atoms with Gasteiger partial charge in [-0.1, -0.05) is 94.4 Å². The van der Waals surface area contributed by atoms with E-state index in [4.69, 9.17) is 0 Å². The third kappa shape index (κ3) is 5.64. The first kappa shape index (κ1) is 28.0. The molecule has 1 saturated carbocycles. The predicted octanol–water partition coefficient (Wildman–Crippen LogP) is 10.1. The number of alkyl halides is 1. The second-order valence-corrected chi connectivity index (χ2v) is 11.7. The van der Waals surface area contributed by atoms with Crippen LogP contribution >= 0.6 is 0 Å². The molecule has 1 fully saturated rings. The summed E-state index contributed by atoms with van der Waals surface area (Å²) in [6.45, 7) is 23.2. The van der Waals surface area contributed by atoms with Crippen LogP contribution < -0.4 is 0 Å². The van der Waals surface area contributed by atoms with Gasteiger partial charge in [0.15, 0.2) is 0 Å². The average Bonchev–Trinajstić information content (AvgIpc) is 2.72. The van der Waals surface area contributed by atoms with Crippen molar-refractivity contribution >= 4 is 0 Å². The minimum absolute atomic E-state index is 0.0835. The quantitative estimate of drug-likeness (QED) is 0.245. The maximum atomic E-state index is 14.9. The van der Waals surface area contributed by atoms with Crippen LogP contribution in [0.2, 0.25) is 0 Å². The molecule has 0 aromatic carbocycles. The van der Waals surface area contributed by atoms with Crippen molar-refractivity contribution in [2.45, 2.75) is 140 Å². The lowest BCUT2D eigenvalue weighted by molar-refractivity contribution is -0.0855. The van der Waals surface area contributed by atoms with Crippen molar-refractivity contribution < 1.29 is 4.39 Å². The highest BCUT2D eigenvalue weighted by Crippen LogP contribution is 2.57. The van der Waals surface area contributed by atoms with E-state index >= 15 is 0 Å². The van der Waals surface area contributed by atoms with Crippen molar-refractivity contribution in [1.82, 2.24) is 0 Å². The second kappa shape index (κ2) is 12.2. The maximum absolute atomic E-state index is 14.9. The lowest BCUT2D eigenvalue weighted by Crippen LogP contribution is -2.51. The van der Waals surface area contributed by atoms with Gasteiger partial charge in [-0.25, -0.2) is 4.39 Å². The number of hydrogen-bond acceptors (Lipinski definition) is 0. The maximum Gasteiger partial charge on any atom is 0.100 e. The van der Waals surface area contributed by atoms with Crippen LogP contribution in [0.5, 0.6) is 0 Å². The summed E-state index contributed by atoms with van der Waals surface area (Å²) in [5, 5.41) is 0. The Morgan fingerprint density at radius 3 is 1.87 bits per heavy atom. The van der Waals surface area contributed by atoms with Crippen LogP contribution in [0, 0.1) is 46.3 Å². The zero-order valence-electron chi connectivity index (χ0n) is 22.5. The Hall–Kier alpha value is -0.0700. The average molecular weight is 425 g/mol. The molecule has 0 aromatic rings. The molecule has 0 N–H and O–H groups in total. The van der Waals surface area contributed by atoms with Gasteiger partial charge in [-0.2, -0.15) is 0 Å². The molecular weight excluding hydrogens is 367 g/mol. The Bertz CT molecular complexity index is 469. The van der Waals surface area contributed by atoms with Crippen LogP contribution in [0.3, 0.4) is 0 Å². The summed E-state index contributed by atoms with van der Waals surface area (Å²) in [6, 6.07) is 0. The van der Waals surface area contributed by atoms with Crippen molar-refractivity contribution in [2.75, 3.05) is 0 Å². The standard InChI is InChI=1S/C29H57F/c1-11-14-18-28(20-17-23(28)7)19-15-16-27(13-3)29(21(4)5,25(9)26(10)30)24(8)22(6)12-2/h21-27H,11-20H2,1-10H3. The zero-order valence-corrected chi connectivity index (χ0v) is 22.5. The van der Waals surface area contributed by atoms with Crippen molar-refractivity contribution in [3.8, 4) is 0 Å². The van der Waals surface area contributed by atoms with Gasteiger partial charge in [0.1, 0.15) is 6.17 Å².